The fraction of sp³-hybridized carbons (Fsp3) is 0.333. The van der Waals surface area contributed by atoms with E-state index in [1.807, 2.05) is 19.2 Å². The summed E-state index contributed by atoms with van der Waals surface area (Å²) < 4.78 is 7.27. The normalized spacial score (nSPS) is 10.5. The molecule has 96 valence electrons. The molecule has 0 aromatic carbocycles. The molecule has 5 nitrogen and oxygen atoms in total. The van der Waals surface area contributed by atoms with E-state index in [9.17, 15) is 4.79 Å². The van der Waals surface area contributed by atoms with Crippen LogP contribution in [-0.4, -0.2) is 27.5 Å². The van der Waals surface area contributed by atoms with Crippen molar-refractivity contribution in [2.24, 2.45) is 0 Å². The number of hydrogen-bond donors (Lipinski definition) is 1. The monoisotopic (exact) mass is 266 g/mol. The molecule has 1 N–H and O–H groups in total. The fourth-order valence-corrected chi connectivity index (χ4v) is 2.41. The first-order chi connectivity index (χ1) is 8.70. The van der Waals surface area contributed by atoms with Gasteiger partial charge in [-0.15, -0.1) is 11.3 Å². The lowest BCUT2D eigenvalue weighted by Crippen LogP contribution is -2.09. The lowest BCUT2D eigenvalue weighted by Gasteiger charge is -2.05. The summed E-state index contributed by atoms with van der Waals surface area (Å²) in [5, 5.41) is 13.1. The van der Waals surface area contributed by atoms with Crippen LogP contribution in [0.2, 0.25) is 0 Å². The molecule has 18 heavy (non-hydrogen) atoms. The van der Waals surface area contributed by atoms with Crippen molar-refractivity contribution in [2.75, 3.05) is 6.61 Å². The van der Waals surface area contributed by atoms with Gasteiger partial charge in [0, 0.05) is 17.3 Å². The van der Waals surface area contributed by atoms with Crippen molar-refractivity contribution in [2.45, 2.75) is 19.9 Å². The van der Waals surface area contributed by atoms with Crippen molar-refractivity contribution in [1.82, 2.24) is 9.78 Å². The largest absolute Gasteiger partial charge is 0.490 e. The molecule has 0 bridgehead atoms. The Hall–Kier alpha value is -1.82. The number of aryl methyl sites for hydroxylation is 1. The van der Waals surface area contributed by atoms with Crippen molar-refractivity contribution >= 4 is 17.3 Å². The van der Waals surface area contributed by atoms with E-state index in [2.05, 4.69) is 5.10 Å². The van der Waals surface area contributed by atoms with Gasteiger partial charge in [0.2, 0.25) is 0 Å². The van der Waals surface area contributed by atoms with Gasteiger partial charge in [0.25, 0.3) is 0 Å². The zero-order valence-electron chi connectivity index (χ0n) is 10.00. The summed E-state index contributed by atoms with van der Waals surface area (Å²) in [7, 11) is 0. The predicted octanol–water partition coefficient (Wildman–Crippen LogP) is 2.28. The molecule has 2 rings (SSSR count). The molecule has 0 saturated carbocycles. The van der Waals surface area contributed by atoms with Crippen LogP contribution in [0.3, 0.4) is 0 Å². The molecule has 0 aliphatic carbocycles. The highest BCUT2D eigenvalue weighted by Crippen LogP contribution is 2.29. The summed E-state index contributed by atoms with van der Waals surface area (Å²) in [4.78, 5) is 12.3. The summed E-state index contributed by atoms with van der Waals surface area (Å²) in [6, 6.07) is 3.64. The number of aromatic nitrogens is 2. The second-order valence-electron chi connectivity index (χ2n) is 3.68. The summed E-state index contributed by atoms with van der Waals surface area (Å²) in [6.07, 6.45) is 4.35. The topological polar surface area (TPSA) is 64.4 Å². The van der Waals surface area contributed by atoms with E-state index in [-0.39, 0.29) is 4.88 Å². The van der Waals surface area contributed by atoms with Crippen LogP contribution in [-0.2, 0) is 13.0 Å². The smallest absolute Gasteiger partial charge is 0.349 e. The third-order valence-electron chi connectivity index (χ3n) is 2.43. The van der Waals surface area contributed by atoms with Gasteiger partial charge in [-0.25, -0.2) is 4.79 Å². The highest BCUT2D eigenvalue weighted by atomic mass is 32.1. The molecule has 0 atom stereocenters. The van der Waals surface area contributed by atoms with E-state index < -0.39 is 5.97 Å². The minimum atomic E-state index is -0.936. The van der Waals surface area contributed by atoms with Crippen molar-refractivity contribution < 1.29 is 14.6 Å². The molecule has 0 radical (unpaired) electrons. The molecule has 0 saturated heterocycles. The molecule has 0 amide bonds. The van der Waals surface area contributed by atoms with Gasteiger partial charge < -0.3 is 9.84 Å². The van der Waals surface area contributed by atoms with Gasteiger partial charge in [-0.05, 0) is 18.6 Å². The minimum Gasteiger partial charge on any atom is -0.490 e. The molecule has 0 fully saturated rings. The molecule has 0 spiro atoms. The third kappa shape index (κ3) is 2.89. The van der Waals surface area contributed by atoms with Gasteiger partial charge in [0.15, 0.2) is 4.88 Å². The van der Waals surface area contributed by atoms with Crippen LogP contribution < -0.4 is 4.74 Å². The van der Waals surface area contributed by atoms with Crippen LogP contribution in [0.1, 0.15) is 21.5 Å². The van der Waals surface area contributed by atoms with Crippen LogP contribution in [0, 0.1) is 0 Å². The van der Waals surface area contributed by atoms with E-state index in [0.29, 0.717) is 18.9 Å². The van der Waals surface area contributed by atoms with Gasteiger partial charge in [-0.3, -0.25) is 4.68 Å². The molecular weight excluding hydrogens is 252 g/mol. The molecule has 0 aliphatic heterocycles. The number of hydrogen-bond acceptors (Lipinski definition) is 4. The molecular formula is C12H14N2O3S. The molecule has 2 aromatic rings. The first-order valence-electron chi connectivity index (χ1n) is 5.67. The highest BCUT2D eigenvalue weighted by Gasteiger charge is 2.15. The zero-order valence-corrected chi connectivity index (χ0v) is 10.8. The van der Waals surface area contributed by atoms with Gasteiger partial charge in [-0.2, -0.15) is 5.10 Å². The Bertz CT molecular complexity index is 519. The van der Waals surface area contributed by atoms with Gasteiger partial charge in [0.05, 0.1) is 6.54 Å². The summed E-state index contributed by atoms with van der Waals surface area (Å²) in [6.45, 7) is 3.00. The molecule has 2 heterocycles. The highest BCUT2D eigenvalue weighted by molar-refractivity contribution is 7.14. The maximum Gasteiger partial charge on any atom is 0.349 e. The van der Waals surface area contributed by atoms with E-state index in [4.69, 9.17) is 9.84 Å². The Morgan fingerprint density at radius 1 is 1.61 bits per heavy atom. The van der Waals surface area contributed by atoms with Crippen LogP contribution in [0.4, 0.5) is 0 Å². The predicted molar refractivity (Wildman–Crippen MR) is 68.4 cm³/mol. The number of aromatic carboxylic acids is 1. The van der Waals surface area contributed by atoms with Crippen LogP contribution >= 0.6 is 11.3 Å². The van der Waals surface area contributed by atoms with E-state index in [0.717, 1.165) is 11.3 Å². The van der Waals surface area contributed by atoms with Crippen LogP contribution in [0.15, 0.2) is 24.5 Å². The average Bonchev–Trinajstić information content (AvgIpc) is 2.97. The first-order valence-corrected chi connectivity index (χ1v) is 6.48. The summed E-state index contributed by atoms with van der Waals surface area (Å²) in [5.74, 6) is -0.481. The van der Waals surface area contributed by atoms with Crippen molar-refractivity contribution in [1.29, 1.82) is 0 Å². The molecule has 2 aromatic heterocycles. The van der Waals surface area contributed by atoms with E-state index in [1.165, 1.54) is 11.3 Å². The number of thiophene rings is 1. The van der Waals surface area contributed by atoms with Crippen LogP contribution in [0.5, 0.6) is 5.75 Å². The third-order valence-corrected chi connectivity index (χ3v) is 3.68. The number of carboxylic acid groups (broad SMARTS) is 1. The summed E-state index contributed by atoms with van der Waals surface area (Å²) >= 11 is 1.27. The Morgan fingerprint density at radius 3 is 3.06 bits per heavy atom. The van der Waals surface area contributed by atoms with E-state index in [1.54, 1.807) is 16.9 Å². The Kier molecular flexibility index (Phi) is 3.99. The number of ether oxygens (including phenoxy) is 1. The average molecular weight is 266 g/mol. The second-order valence-corrected chi connectivity index (χ2v) is 4.82. The number of rotatable bonds is 6. The Labute approximate surface area is 109 Å². The minimum absolute atomic E-state index is 0.271. The lowest BCUT2D eigenvalue weighted by molar-refractivity contribution is 0.0698. The van der Waals surface area contributed by atoms with Gasteiger partial charge >= 0.3 is 5.97 Å². The van der Waals surface area contributed by atoms with Crippen molar-refractivity contribution in [3.05, 3.63) is 34.3 Å². The molecule has 0 aliphatic rings. The number of carbonyl (C=O) groups is 1. The quantitative estimate of drug-likeness (QED) is 0.871. The number of nitrogens with zero attached hydrogens (tertiary/aromatic N) is 2. The molecule has 0 unspecified atom stereocenters. The maximum absolute atomic E-state index is 11.1. The SMILES string of the molecule is CCc1cc(OCCn2cccn2)c(C(=O)O)s1. The maximum atomic E-state index is 11.1. The first kappa shape index (κ1) is 12.6. The van der Waals surface area contributed by atoms with Gasteiger partial charge in [0.1, 0.15) is 12.4 Å². The van der Waals surface area contributed by atoms with E-state index >= 15 is 0 Å². The standard InChI is InChI=1S/C12H14N2O3S/c1-2-9-8-10(11(18-9)12(15)16)17-7-6-14-5-3-4-13-14/h3-5,8H,2,6-7H2,1H3,(H,15,16). The van der Waals surface area contributed by atoms with Crippen molar-refractivity contribution in [3.63, 3.8) is 0 Å². The number of carboxylic acids is 1. The Balaban J connectivity index is 1.99. The lowest BCUT2D eigenvalue weighted by atomic mass is 10.3. The van der Waals surface area contributed by atoms with Crippen LogP contribution in [0.25, 0.3) is 0 Å². The van der Waals surface area contributed by atoms with Crippen molar-refractivity contribution in [3.8, 4) is 5.75 Å². The zero-order chi connectivity index (χ0) is 13.0. The fourth-order valence-electron chi connectivity index (χ4n) is 1.53. The van der Waals surface area contributed by atoms with Gasteiger partial charge in [-0.1, -0.05) is 6.92 Å². The molecule has 6 heteroatoms. The summed E-state index contributed by atoms with van der Waals surface area (Å²) in [5.41, 5.74) is 0. The Morgan fingerprint density at radius 2 is 2.44 bits per heavy atom. The second kappa shape index (κ2) is 5.68.